The molecule has 0 spiro atoms. The van der Waals surface area contributed by atoms with Gasteiger partial charge in [0.2, 0.25) is 11.8 Å². The second kappa shape index (κ2) is 15.4. The van der Waals surface area contributed by atoms with Gasteiger partial charge in [-0.05, 0) is 62.1 Å². The van der Waals surface area contributed by atoms with Gasteiger partial charge in [0, 0.05) is 69.6 Å². The lowest BCUT2D eigenvalue weighted by molar-refractivity contribution is -0.125. The molecule has 2 aromatic carbocycles. The standard InChI is InChI=1S/C32H45FN6O3.C2H6/c1-22-17-38(27(16-36-22)18-37-12-13-42-20-23(37)2)19-30(40)39-21-32(3,31(41)35-11-10-34)28-9-6-25(15-29(28)39)14-24-4-7-26(33)8-5-24;1-2/h4-9,15,22-23,27,36H,10-14,16-21,34H2,1-3H3,(H,35,41);1-2H3/t22?,23?,27-,32?;/m1./s1. The molecule has 2 amide bonds. The first kappa shape index (κ1) is 34.0. The number of nitrogens with zero attached hydrogens (tertiary/aromatic N) is 3. The topological polar surface area (TPSA) is 103 Å². The normalized spacial score (nSPS) is 25.6. The van der Waals surface area contributed by atoms with E-state index < -0.39 is 5.41 Å². The number of carbonyl (C=O) groups excluding carboxylic acids is 2. The average molecular weight is 611 g/mol. The summed E-state index contributed by atoms with van der Waals surface area (Å²) in [5.41, 5.74) is 8.36. The fourth-order valence-electron chi connectivity index (χ4n) is 6.47. The van der Waals surface area contributed by atoms with E-state index in [1.54, 1.807) is 17.0 Å². The Kier molecular flexibility index (Phi) is 11.9. The number of amides is 2. The molecule has 0 aliphatic carbocycles. The SMILES string of the molecule is CC.CC1CN(CC(=O)N2CC(C)(C(=O)NCCN)c3ccc(Cc4ccc(F)cc4)cc32)[C@@H](CN2CCOCC2C)CN1. The lowest BCUT2D eigenvalue weighted by Gasteiger charge is -2.43. The van der Waals surface area contributed by atoms with Crippen molar-refractivity contribution in [3.8, 4) is 0 Å². The van der Waals surface area contributed by atoms with Crippen LogP contribution in [0, 0.1) is 5.82 Å². The van der Waals surface area contributed by atoms with Crippen LogP contribution in [-0.2, 0) is 26.2 Å². The van der Waals surface area contributed by atoms with E-state index in [1.165, 1.54) is 12.1 Å². The van der Waals surface area contributed by atoms with Gasteiger partial charge >= 0.3 is 0 Å². The second-order valence-electron chi connectivity index (χ2n) is 12.3. The molecule has 3 unspecified atom stereocenters. The molecule has 2 aromatic rings. The van der Waals surface area contributed by atoms with E-state index in [0.717, 1.165) is 61.8 Å². The Hall–Kier alpha value is -2.89. The molecule has 0 aromatic heterocycles. The Balaban J connectivity index is 0.00000216. The summed E-state index contributed by atoms with van der Waals surface area (Å²) < 4.78 is 19.1. The Bertz CT molecular complexity index is 1260. The van der Waals surface area contributed by atoms with Crippen LogP contribution in [0.15, 0.2) is 42.5 Å². The molecule has 3 aliphatic rings. The van der Waals surface area contributed by atoms with Crippen LogP contribution in [0.4, 0.5) is 10.1 Å². The third kappa shape index (κ3) is 7.84. The molecule has 10 heteroatoms. The Labute approximate surface area is 262 Å². The van der Waals surface area contributed by atoms with Crippen LogP contribution in [0.5, 0.6) is 0 Å². The molecule has 2 fully saturated rings. The van der Waals surface area contributed by atoms with Crippen molar-refractivity contribution in [2.75, 3.05) is 70.5 Å². The first-order valence-corrected chi connectivity index (χ1v) is 16.1. The van der Waals surface area contributed by atoms with Crippen molar-refractivity contribution in [2.45, 2.75) is 64.6 Å². The lowest BCUT2D eigenvalue weighted by atomic mass is 9.83. The van der Waals surface area contributed by atoms with Gasteiger partial charge in [-0.15, -0.1) is 0 Å². The van der Waals surface area contributed by atoms with E-state index in [2.05, 4.69) is 34.3 Å². The monoisotopic (exact) mass is 610 g/mol. The molecule has 5 rings (SSSR count). The molecule has 0 saturated carbocycles. The van der Waals surface area contributed by atoms with Crippen LogP contribution in [0.3, 0.4) is 0 Å². The van der Waals surface area contributed by atoms with Crippen molar-refractivity contribution in [1.82, 2.24) is 20.4 Å². The predicted octanol–water partition coefficient (Wildman–Crippen LogP) is 2.50. The zero-order valence-corrected chi connectivity index (χ0v) is 27.1. The number of halogens is 1. The second-order valence-corrected chi connectivity index (χ2v) is 12.3. The smallest absolute Gasteiger partial charge is 0.241 e. The number of fused-ring (bicyclic) bond motifs is 1. The maximum Gasteiger partial charge on any atom is 0.241 e. The molecule has 242 valence electrons. The van der Waals surface area contributed by atoms with Crippen LogP contribution in [0.25, 0.3) is 0 Å². The number of rotatable bonds is 9. The van der Waals surface area contributed by atoms with Crippen LogP contribution >= 0.6 is 0 Å². The zero-order valence-electron chi connectivity index (χ0n) is 27.1. The Morgan fingerprint density at radius 3 is 2.55 bits per heavy atom. The molecule has 4 atom stereocenters. The lowest BCUT2D eigenvalue weighted by Crippen LogP contribution is -2.62. The van der Waals surface area contributed by atoms with Crippen molar-refractivity contribution in [3.05, 3.63) is 65.0 Å². The maximum absolute atomic E-state index is 14.2. The number of morpholine rings is 1. The van der Waals surface area contributed by atoms with Gasteiger partial charge in [0.05, 0.1) is 25.2 Å². The Morgan fingerprint density at radius 1 is 1.11 bits per heavy atom. The van der Waals surface area contributed by atoms with E-state index >= 15 is 0 Å². The summed E-state index contributed by atoms with van der Waals surface area (Å²) >= 11 is 0. The van der Waals surface area contributed by atoms with E-state index in [-0.39, 0.29) is 42.8 Å². The Morgan fingerprint density at radius 2 is 1.84 bits per heavy atom. The minimum absolute atomic E-state index is 0.0142. The summed E-state index contributed by atoms with van der Waals surface area (Å²) in [4.78, 5) is 34.1. The average Bonchev–Trinajstić information content (AvgIpc) is 3.33. The first-order chi connectivity index (χ1) is 21.2. The molecule has 0 radical (unpaired) electrons. The largest absolute Gasteiger partial charge is 0.379 e. The molecule has 9 nitrogen and oxygen atoms in total. The zero-order chi connectivity index (χ0) is 31.9. The van der Waals surface area contributed by atoms with Crippen LogP contribution < -0.4 is 21.3 Å². The number of anilines is 1. The van der Waals surface area contributed by atoms with E-state index in [0.29, 0.717) is 25.6 Å². The minimum atomic E-state index is -0.895. The third-order valence-electron chi connectivity index (χ3n) is 8.99. The number of nitrogens with two attached hydrogens (primary N) is 1. The number of piperazine rings is 1. The highest BCUT2D eigenvalue weighted by molar-refractivity contribution is 6.03. The molecule has 3 heterocycles. The van der Waals surface area contributed by atoms with Gasteiger partial charge in [0.25, 0.3) is 0 Å². The molecule has 2 saturated heterocycles. The highest BCUT2D eigenvalue weighted by Gasteiger charge is 2.47. The van der Waals surface area contributed by atoms with Crippen molar-refractivity contribution >= 4 is 17.5 Å². The van der Waals surface area contributed by atoms with Gasteiger partial charge in [-0.1, -0.05) is 38.1 Å². The van der Waals surface area contributed by atoms with Gasteiger partial charge in [0.1, 0.15) is 5.82 Å². The predicted molar refractivity (Wildman–Crippen MR) is 173 cm³/mol. The summed E-state index contributed by atoms with van der Waals surface area (Å²) in [7, 11) is 0. The van der Waals surface area contributed by atoms with Crippen molar-refractivity contribution in [2.24, 2.45) is 5.73 Å². The minimum Gasteiger partial charge on any atom is -0.379 e. The number of hydrogen-bond donors (Lipinski definition) is 3. The maximum atomic E-state index is 14.2. The summed E-state index contributed by atoms with van der Waals surface area (Å²) in [6.45, 7) is 16.3. The number of ether oxygens (including phenoxy) is 1. The van der Waals surface area contributed by atoms with Crippen LogP contribution in [0.2, 0.25) is 0 Å². The van der Waals surface area contributed by atoms with Crippen molar-refractivity contribution in [1.29, 1.82) is 0 Å². The first-order valence-electron chi connectivity index (χ1n) is 16.1. The fourth-order valence-corrected chi connectivity index (χ4v) is 6.47. The highest BCUT2D eigenvalue weighted by atomic mass is 19.1. The molecule has 44 heavy (non-hydrogen) atoms. The van der Waals surface area contributed by atoms with Gasteiger partial charge in [-0.25, -0.2) is 4.39 Å². The van der Waals surface area contributed by atoms with Crippen molar-refractivity contribution in [3.63, 3.8) is 0 Å². The molecular formula is C34H51FN6O3. The van der Waals surface area contributed by atoms with E-state index in [4.69, 9.17) is 10.5 Å². The van der Waals surface area contributed by atoms with Gasteiger partial charge in [-0.3, -0.25) is 19.4 Å². The summed E-state index contributed by atoms with van der Waals surface area (Å²) in [5.74, 6) is -0.419. The number of hydrogen-bond acceptors (Lipinski definition) is 7. The van der Waals surface area contributed by atoms with E-state index in [9.17, 15) is 14.0 Å². The van der Waals surface area contributed by atoms with Crippen molar-refractivity contribution < 1.29 is 18.7 Å². The number of nitrogens with one attached hydrogen (secondary N) is 2. The summed E-state index contributed by atoms with van der Waals surface area (Å²) in [6, 6.07) is 13.3. The number of benzene rings is 2. The van der Waals surface area contributed by atoms with Gasteiger partial charge < -0.3 is 26.0 Å². The number of carbonyl (C=O) groups is 2. The van der Waals surface area contributed by atoms with Crippen LogP contribution in [0.1, 0.15) is 51.3 Å². The summed E-state index contributed by atoms with van der Waals surface area (Å²) in [5, 5.41) is 6.54. The van der Waals surface area contributed by atoms with E-state index in [1.807, 2.05) is 39.0 Å². The van der Waals surface area contributed by atoms with Gasteiger partial charge in [0.15, 0.2) is 0 Å². The quantitative estimate of drug-likeness (QED) is 0.401. The third-order valence-corrected chi connectivity index (χ3v) is 8.99. The van der Waals surface area contributed by atoms with Gasteiger partial charge in [-0.2, -0.15) is 0 Å². The molecular weight excluding hydrogens is 559 g/mol. The fraction of sp³-hybridized carbons (Fsp3) is 0.588. The van der Waals surface area contributed by atoms with Crippen LogP contribution in [-0.4, -0.2) is 105 Å². The molecule has 4 N–H and O–H groups in total. The summed E-state index contributed by atoms with van der Waals surface area (Å²) in [6.07, 6.45) is 0.598. The molecule has 0 bridgehead atoms. The highest BCUT2D eigenvalue weighted by Crippen LogP contribution is 2.42. The molecule has 3 aliphatic heterocycles.